The summed E-state index contributed by atoms with van der Waals surface area (Å²) in [6, 6.07) is 7.16. The number of halogens is 1. The fraction of sp³-hybridized carbons (Fsp3) is 0.429. The van der Waals surface area contributed by atoms with Gasteiger partial charge in [0.25, 0.3) is 5.91 Å². The second-order valence-electron chi connectivity index (χ2n) is 4.60. The molecule has 1 aromatic rings. The van der Waals surface area contributed by atoms with Crippen molar-refractivity contribution in [1.82, 2.24) is 5.32 Å². The van der Waals surface area contributed by atoms with Gasteiger partial charge in [-0.25, -0.2) is 4.79 Å². The van der Waals surface area contributed by atoms with Crippen molar-refractivity contribution < 1.29 is 24.0 Å². The van der Waals surface area contributed by atoms with E-state index < -0.39 is 6.09 Å². The van der Waals surface area contributed by atoms with Crippen LogP contribution in [0.15, 0.2) is 28.7 Å². The Morgan fingerprint density at radius 1 is 1.33 bits per heavy atom. The molecule has 0 spiro atoms. The Morgan fingerprint density at radius 3 is 2.52 bits per heavy atom. The summed E-state index contributed by atoms with van der Waals surface area (Å²) in [4.78, 5) is 23.7. The van der Waals surface area contributed by atoms with E-state index in [9.17, 15) is 9.59 Å². The largest absolute Gasteiger partial charge is 0.488 e. The molecule has 0 aliphatic heterocycles. The molecule has 116 valence electrons. The SMILES string of the molecule is COC(=O)NC(=O)[C@H](C)[NH+](C)CCOc1ccc(Br)cc1. The lowest BCUT2D eigenvalue weighted by Gasteiger charge is -2.20. The van der Waals surface area contributed by atoms with Crippen LogP contribution in [-0.2, 0) is 9.53 Å². The van der Waals surface area contributed by atoms with E-state index in [0.717, 1.165) is 15.1 Å². The number of nitrogens with one attached hydrogen (secondary N) is 2. The average molecular weight is 360 g/mol. The van der Waals surface area contributed by atoms with Crippen molar-refractivity contribution in [2.45, 2.75) is 13.0 Å². The van der Waals surface area contributed by atoms with Gasteiger partial charge in [-0.2, -0.15) is 0 Å². The fourth-order valence-electron chi connectivity index (χ4n) is 1.56. The third kappa shape index (κ3) is 6.14. The topological polar surface area (TPSA) is 69.1 Å². The van der Waals surface area contributed by atoms with Gasteiger partial charge in [0.05, 0.1) is 14.2 Å². The number of alkyl carbamates (subject to hydrolysis) is 1. The quantitative estimate of drug-likeness (QED) is 0.780. The maximum Gasteiger partial charge on any atom is 0.413 e. The number of ether oxygens (including phenoxy) is 2. The van der Waals surface area contributed by atoms with Gasteiger partial charge in [-0.05, 0) is 31.2 Å². The van der Waals surface area contributed by atoms with E-state index in [0.29, 0.717) is 13.2 Å². The minimum atomic E-state index is -0.745. The molecule has 0 aliphatic carbocycles. The van der Waals surface area contributed by atoms with Gasteiger partial charge in [0.2, 0.25) is 0 Å². The third-order valence-corrected chi connectivity index (χ3v) is 3.65. The van der Waals surface area contributed by atoms with Gasteiger partial charge in [-0.15, -0.1) is 0 Å². The van der Waals surface area contributed by atoms with E-state index in [1.807, 2.05) is 31.3 Å². The number of carbonyl (C=O) groups is 2. The molecule has 0 fully saturated rings. The van der Waals surface area contributed by atoms with Crippen molar-refractivity contribution >= 4 is 27.9 Å². The average Bonchev–Trinajstić information content (AvgIpc) is 2.48. The van der Waals surface area contributed by atoms with E-state index in [1.54, 1.807) is 6.92 Å². The Bertz CT molecular complexity index is 478. The molecule has 0 heterocycles. The van der Waals surface area contributed by atoms with E-state index in [2.05, 4.69) is 26.0 Å². The summed E-state index contributed by atoms with van der Waals surface area (Å²) in [5.74, 6) is 0.403. The van der Waals surface area contributed by atoms with E-state index >= 15 is 0 Å². The number of quaternary nitrogens is 1. The second-order valence-corrected chi connectivity index (χ2v) is 5.52. The molecule has 1 unspecified atom stereocenters. The highest BCUT2D eigenvalue weighted by Crippen LogP contribution is 2.15. The van der Waals surface area contributed by atoms with Gasteiger partial charge in [-0.3, -0.25) is 10.1 Å². The molecule has 1 aromatic carbocycles. The van der Waals surface area contributed by atoms with E-state index in [1.165, 1.54) is 7.11 Å². The first kappa shape index (κ1) is 17.5. The number of imide groups is 1. The molecule has 7 heteroatoms. The molecule has 6 nitrogen and oxygen atoms in total. The molecule has 2 atom stereocenters. The summed E-state index contributed by atoms with van der Waals surface area (Å²) in [7, 11) is 3.09. The Balaban J connectivity index is 2.35. The Kier molecular flexibility index (Phi) is 7.18. The highest BCUT2D eigenvalue weighted by Gasteiger charge is 2.23. The number of hydrogen-bond acceptors (Lipinski definition) is 4. The Hall–Kier alpha value is -1.60. The maximum atomic E-state index is 11.7. The minimum absolute atomic E-state index is 0.372. The smallest absolute Gasteiger partial charge is 0.413 e. The van der Waals surface area contributed by atoms with Crippen LogP contribution in [0.3, 0.4) is 0 Å². The molecule has 0 saturated heterocycles. The Morgan fingerprint density at radius 2 is 1.95 bits per heavy atom. The summed E-state index contributed by atoms with van der Waals surface area (Å²) in [5, 5.41) is 2.16. The Labute approximate surface area is 132 Å². The molecule has 0 aromatic heterocycles. The molecule has 0 saturated carbocycles. The first-order valence-electron chi connectivity index (χ1n) is 6.53. The van der Waals surface area contributed by atoms with Crippen molar-refractivity contribution in [3.8, 4) is 5.75 Å². The first-order chi connectivity index (χ1) is 9.93. The van der Waals surface area contributed by atoms with E-state index in [4.69, 9.17) is 4.74 Å². The standard InChI is InChI=1S/C14H19BrN2O4/c1-10(13(18)16-14(19)20-3)17(2)8-9-21-12-6-4-11(15)5-7-12/h4-7,10H,8-9H2,1-3H3,(H,16,18,19)/p+1/t10-/m0/s1. The van der Waals surface area contributed by atoms with Crippen LogP contribution in [0.4, 0.5) is 4.79 Å². The van der Waals surface area contributed by atoms with Crippen LogP contribution in [0.25, 0.3) is 0 Å². The third-order valence-electron chi connectivity index (χ3n) is 3.12. The molecular formula is C14H20BrN2O4+. The molecule has 0 radical (unpaired) electrons. The summed E-state index contributed by atoms with van der Waals surface area (Å²) < 4.78 is 11.0. The zero-order valence-corrected chi connectivity index (χ0v) is 13.9. The lowest BCUT2D eigenvalue weighted by Crippen LogP contribution is -3.14. The predicted octanol–water partition coefficient (Wildman–Crippen LogP) is 0.614. The number of hydrogen-bond donors (Lipinski definition) is 2. The maximum absolute atomic E-state index is 11.7. The number of carbonyl (C=O) groups excluding carboxylic acids is 2. The second kappa shape index (κ2) is 8.63. The summed E-state index contributed by atoms with van der Waals surface area (Å²) >= 11 is 3.36. The van der Waals surface area contributed by atoms with Gasteiger partial charge in [0, 0.05) is 4.47 Å². The molecule has 21 heavy (non-hydrogen) atoms. The number of rotatable bonds is 6. The van der Waals surface area contributed by atoms with Crippen LogP contribution in [0.5, 0.6) is 5.75 Å². The molecule has 1 rings (SSSR count). The van der Waals surface area contributed by atoms with Crippen LogP contribution >= 0.6 is 15.9 Å². The minimum Gasteiger partial charge on any atom is -0.488 e. The van der Waals surface area contributed by atoms with Gasteiger partial charge >= 0.3 is 6.09 Å². The zero-order valence-electron chi connectivity index (χ0n) is 12.3. The van der Waals surface area contributed by atoms with Gasteiger partial charge in [0.1, 0.15) is 18.9 Å². The lowest BCUT2D eigenvalue weighted by atomic mass is 10.3. The lowest BCUT2D eigenvalue weighted by molar-refractivity contribution is -0.894. The number of methoxy groups -OCH3 is 1. The normalized spacial score (nSPS) is 13.1. The monoisotopic (exact) mass is 359 g/mol. The van der Waals surface area contributed by atoms with Crippen molar-refractivity contribution in [1.29, 1.82) is 0 Å². The number of benzene rings is 1. The van der Waals surface area contributed by atoms with Gasteiger partial charge in [-0.1, -0.05) is 15.9 Å². The zero-order chi connectivity index (χ0) is 15.8. The molecule has 0 aliphatic rings. The van der Waals surface area contributed by atoms with Crippen LogP contribution in [-0.4, -0.2) is 45.4 Å². The van der Waals surface area contributed by atoms with Crippen LogP contribution < -0.4 is 15.0 Å². The highest BCUT2D eigenvalue weighted by atomic mass is 79.9. The number of amides is 2. The fourth-order valence-corrected chi connectivity index (χ4v) is 1.83. The van der Waals surface area contributed by atoms with Crippen molar-refractivity contribution in [3.05, 3.63) is 28.7 Å². The van der Waals surface area contributed by atoms with Crippen molar-refractivity contribution in [2.24, 2.45) is 0 Å². The van der Waals surface area contributed by atoms with Crippen molar-refractivity contribution in [2.75, 3.05) is 27.3 Å². The van der Waals surface area contributed by atoms with Crippen LogP contribution in [0, 0.1) is 0 Å². The highest BCUT2D eigenvalue weighted by molar-refractivity contribution is 9.10. The predicted molar refractivity (Wildman–Crippen MR) is 81.4 cm³/mol. The summed E-state index contributed by atoms with van der Waals surface area (Å²) in [5.41, 5.74) is 0. The molecular weight excluding hydrogens is 340 g/mol. The summed E-state index contributed by atoms with van der Waals surface area (Å²) in [6.45, 7) is 2.85. The van der Waals surface area contributed by atoms with Crippen LogP contribution in [0.1, 0.15) is 6.92 Å². The molecule has 0 bridgehead atoms. The van der Waals surface area contributed by atoms with Gasteiger partial charge in [0.15, 0.2) is 6.04 Å². The molecule has 2 N–H and O–H groups in total. The number of likely N-dealkylation sites (N-methyl/N-ethyl adjacent to an activating group) is 1. The first-order valence-corrected chi connectivity index (χ1v) is 7.33. The van der Waals surface area contributed by atoms with Crippen LogP contribution in [0.2, 0.25) is 0 Å². The van der Waals surface area contributed by atoms with E-state index in [-0.39, 0.29) is 11.9 Å². The summed E-state index contributed by atoms with van der Waals surface area (Å²) in [6.07, 6.45) is -0.745. The van der Waals surface area contributed by atoms with Crippen molar-refractivity contribution in [3.63, 3.8) is 0 Å². The molecule has 2 amide bonds. The van der Waals surface area contributed by atoms with Gasteiger partial charge < -0.3 is 14.4 Å².